The molecule has 0 saturated heterocycles. The molecule has 0 aromatic heterocycles. The van der Waals surface area contributed by atoms with Gasteiger partial charge in [-0.15, -0.1) is 0 Å². The normalized spacial score (nSPS) is 22.1. The number of ether oxygens (including phenoxy) is 1. The molecule has 0 amide bonds. The second-order valence-corrected chi connectivity index (χ2v) is 5.32. The van der Waals surface area contributed by atoms with Gasteiger partial charge in [0.1, 0.15) is 5.75 Å². The molecule has 0 fully saturated rings. The van der Waals surface area contributed by atoms with E-state index in [1.165, 1.54) is 16.7 Å². The third-order valence-corrected chi connectivity index (χ3v) is 3.61. The van der Waals surface area contributed by atoms with Crippen LogP contribution in [0.25, 0.3) is 0 Å². The van der Waals surface area contributed by atoms with Gasteiger partial charge in [-0.05, 0) is 43.0 Å². The highest BCUT2D eigenvalue weighted by molar-refractivity contribution is 5.61. The molecule has 1 aromatic rings. The first-order valence-corrected chi connectivity index (χ1v) is 5.67. The zero-order valence-corrected chi connectivity index (χ0v) is 10.3. The summed E-state index contributed by atoms with van der Waals surface area (Å²) in [4.78, 5) is 11.0. The highest BCUT2D eigenvalue weighted by atomic mass is 16.5. The number of hydrogen-bond acceptors (Lipinski definition) is 2. The molecule has 0 radical (unpaired) electrons. The summed E-state index contributed by atoms with van der Waals surface area (Å²) in [5, 5.41) is 0. The fraction of sp³-hybridized carbons (Fsp3) is 0.500. The minimum Gasteiger partial charge on any atom is -0.482 e. The molecule has 1 atom stereocenters. The number of carbonyl (C=O) groups is 1. The number of aldehydes is 1. The lowest BCUT2D eigenvalue weighted by molar-refractivity contribution is -0.119. The van der Waals surface area contributed by atoms with Crippen LogP contribution in [0.1, 0.15) is 30.5 Å². The maximum atomic E-state index is 11.0. The third kappa shape index (κ3) is 1.62. The predicted octanol–water partition coefficient (Wildman–Crippen LogP) is 2.83. The summed E-state index contributed by atoms with van der Waals surface area (Å²) in [6.07, 6.45) is 1.49. The van der Waals surface area contributed by atoms with Gasteiger partial charge in [0.15, 0.2) is 12.4 Å². The Morgan fingerprint density at radius 3 is 2.69 bits per heavy atom. The van der Waals surface area contributed by atoms with Crippen molar-refractivity contribution in [3.05, 3.63) is 28.8 Å². The summed E-state index contributed by atoms with van der Waals surface area (Å²) >= 11 is 0. The molecule has 0 N–H and O–H groups in total. The molecule has 86 valence electrons. The average molecular weight is 218 g/mol. The van der Waals surface area contributed by atoms with Crippen LogP contribution in [0.4, 0.5) is 0 Å². The molecule has 1 heterocycles. The predicted molar refractivity (Wildman–Crippen MR) is 63.9 cm³/mol. The van der Waals surface area contributed by atoms with Crippen LogP contribution in [0.15, 0.2) is 12.1 Å². The van der Waals surface area contributed by atoms with E-state index in [0.29, 0.717) is 0 Å². The topological polar surface area (TPSA) is 26.3 Å². The van der Waals surface area contributed by atoms with Gasteiger partial charge in [0.2, 0.25) is 0 Å². The van der Waals surface area contributed by atoms with E-state index in [1.807, 2.05) is 12.1 Å². The van der Waals surface area contributed by atoms with Crippen LogP contribution in [0, 0.1) is 19.3 Å². The van der Waals surface area contributed by atoms with E-state index in [9.17, 15) is 4.79 Å². The Bertz CT molecular complexity index is 433. The van der Waals surface area contributed by atoms with Gasteiger partial charge in [-0.25, -0.2) is 0 Å². The Morgan fingerprint density at radius 1 is 1.38 bits per heavy atom. The fourth-order valence-corrected chi connectivity index (χ4v) is 2.24. The molecule has 1 aliphatic heterocycles. The number of benzene rings is 1. The third-order valence-electron chi connectivity index (χ3n) is 3.61. The van der Waals surface area contributed by atoms with Gasteiger partial charge >= 0.3 is 0 Å². The van der Waals surface area contributed by atoms with Crippen LogP contribution in [-0.4, -0.2) is 12.4 Å². The van der Waals surface area contributed by atoms with Crippen molar-refractivity contribution in [2.45, 2.75) is 40.2 Å². The van der Waals surface area contributed by atoms with Gasteiger partial charge in [-0.3, -0.25) is 4.79 Å². The summed E-state index contributed by atoms with van der Waals surface area (Å²) in [5.41, 5.74) is 3.70. The first-order chi connectivity index (χ1) is 7.45. The zero-order valence-electron chi connectivity index (χ0n) is 10.3. The van der Waals surface area contributed by atoms with Crippen molar-refractivity contribution in [2.75, 3.05) is 0 Å². The molecular weight excluding hydrogens is 200 g/mol. The van der Waals surface area contributed by atoms with Crippen LogP contribution in [0.5, 0.6) is 5.75 Å². The van der Waals surface area contributed by atoms with Gasteiger partial charge in [0, 0.05) is 5.41 Å². The summed E-state index contributed by atoms with van der Waals surface area (Å²) < 4.78 is 5.76. The maximum Gasteiger partial charge on any atom is 0.161 e. The van der Waals surface area contributed by atoms with E-state index in [4.69, 9.17) is 4.74 Å². The van der Waals surface area contributed by atoms with E-state index in [2.05, 4.69) is 27.7 Å². The summed E-state index contributed by atoms with van der Waals surface area (Å²) in [6, 6.07) is 4.03. The molecule has 2 nitrogen and oxygen atoms in total. The van der Waals surface area contributed by atoms with Crippen molar-refractivity contribution in [3.63, 3.8) is 0 Å². The number of fused-ring (bicyclic) bond motifs is 1. The highest BCUT2D eigenvalue weighted by Gasteiger charge is 2.37. The smallest absolute Gasteiger partial charge is 0.161 e. The first kappa shape index (κ1) is 11.2. The van der Waals surface area contributed by atoms with E-state index < -0.39 is 0 Å². The van der Waals surface area contributed by atoms with Gasteiger partial charge in [-0.2, -0.15) is 0 Å². The Morgan fingerprint density at radius 2 is 2.06 bits per heavy atom. The largest absolute Gasteiger partial charge is 0.482 e. The zero-order chi connectivity index (χ0) is 11.9. The van der Waals surface area contributed by atoms with Crippen molar-refractivity contribution < 1.29 is 9.53 Å². The number of carbonyl (C=O) groups excluding carboxylic acids is 1. The van der Waals surface area contributed by atoms with E-state index in [0.717, 1.165) is 18.5 Å². The lowest BCUT2D eigenvalue weighted by atomic mass is 9.77. The minimum atomic E-state index is -0.331. The van der Waals surface area contributed by atoms with Crippen molar-refractivity contribution in [2.24, 2.45) is 5.41 Å². The summed E-state index contributed by atoms with van der Waals surface area (Å²) in [7, 11) is 0. The standard InChI is InChI=1S/C14H18O2/c1-9-5-6-12-11(10(9)2)7-14(3,4)13(8-15)16-12/h5-6,8,13H,7H2,1-4H3. The van der Waals surface area contributed by atoms with Crippen LogP contribution in [-0.2, 0) is 11.2 Å². The molecule has 2 rings (SSSR count). The van der Waals surface area contributed by atoms with Crippen LogP contribution in [0.3, 0.4) is 0 Å². The fourth-order valence-electron chi connectivity index (χ4n) is 2.24. The number of rotatable bonds is 1. The molecule has 1 unspecified atom stereocenters. The van der Waals surface area contributed by atoms with Crippen LogP contribution >= 0.6 is 0 Å². The van der Waals surface area contributed by atoms with E-state index in [1.54, 1.807) is 0 Å². The van der Waals surface area contributed by atoms with Crippen molar-refractivity contribution in [1.82, 2.24) is 0 Å². The minimum absolute atomic E-state index is 0.118. The molecule has 1 aliphatic rings. The molecule has 1 aromatic carbocycles. The lowest BCUT2D eigenvalue weighted by Gasteiger charge is -2.37. The van der Waals surface area contributed by atoms with Gasteiger partial charge in [-0.1, -0.05) is 19.9 Å². The Hall–Kier alpha value is -1.31. The van der Waals surface area contributed by atoms with Crippen LogP contribution < -0.4 is 4.74 Å². The molecule has 0 spiro atoms. The number of aryl methyl sites for hydroxylation is 1. The van der Waals surface area contributed by atoms with Crippen molar-refractivity contribution in [1.29, 1.82) is 0 Å². The number of hydrogen-bond donors (Lipinski definition) is 0. The lowest BCUT2D eigenvalue weighted by Crippen LogP contribution is -2.41. The van der Waals surface area contributed by atoms with Gasteiger partial charge < -0.3 is 4.74 Å². The van der Waals surface area contributed by atoms with Gasteiger partial charge in [0.25, 0.3) is 0 Å². The Labute approximate surface area is 96.6 Å². The monoisotopic (exact) mass is 218 g/mol. The van der Waals surface area contributed by atoms with Gasteiger partial charge in [0.05, 0.1) is 0 Å². The highest BCUT2D eigenvalue weighted by Crippen LogP contribution is 2.39. The van der Waals surface area contributed by atoms with E-state index >= 15 is 0 Å². The Kier molecular flexibility index (Phi) is 2.53. The van der Waals surface area contributed by atoms with Crippen molar-refractivity contribution >= 4 is 6.29 Å². The molecule has 0 aliphatic carbocycles. The molecule has 16 heavy (non-hydrogen) atoms. The molecule has 0 saturated carbocycles. The average Bonchev–Trinajstić information content (AvgIpc) is 2.23. The summed E-state index contributed by atoms with van der Waals surface area (Å²) in [5.74, 6) is 0.875. The second-order valence-electron chi connectivity index (χ2n) is 5.32. The summed E-state index contributed by atoms with van der Waals surface area (Å²) in [6.45, 7) is 8.39. The molecule has 2 heteroatoms. The van der Waals surface area contributed by atoms with Crippen LogP contribution in [0.2, 0.25) is 0 Å². The first-order valence-electron chi connectivity index (χ1n) is 5.67. The molecule has 0 bridgehead atoms. The quantitative estimate of drug-likeness (QED) is 0.677. The molecular formula is C14H18O2. The van der Waals surface area contributed by atoms with E-state index in [-0.39, 0.29) is 11.5 Å². The second kappa shape index (κ2) is 3.62. The van der Waals surface area contributed by atoms with Crippen molar-refractivity contribution in [3.8, 4) is 5.75 Å². The Balaban J connectivity index is 2.51. The SMILES string of the molecule is Cc1ccc2c(c1C)CC(C)(C)C(C=O)O2. The maximum absolute atomic E-state index is 11.0.